The number of amides is 2. The Morgan fingerprint density at radius 3 is 2.44 bits per heavy atom. The number of likely N-dealkylation sites (N-methyl/N-ethyl adjacent to an activating group) is 1. The molecule has 2 amide bonds. The normalized spacial score (nSPS) is 17.7. The number of carbonyl (C=O) groups excluding carboxylic acids is 2. The lowest BCUT2D eigenvalue weighted by Crippen LogP contribution is -2.61. The topological polar surface area (TPSA) is 67.4 Å². The first-order valence-corrected chi connectivity index (χ1v) is 10.1. The summed E-state index contributed by atoms with van der Waals surface area (Å²) in [5.74, 6) is 0.338. The largest absolute Gasteiger partial charge is 0.481 e. The zero-order chi connectivity index (χ0) is 20.1. The van der Waals surface area contributed by atoms with Gasteiger partial charge in [-0.05, 0) is 49.8 Å². The van der Waals surface area contributed by atoms with Crippen molar-refractivity contribution in [3.63, 3.8) is 0 Å². The molecule has 5 nitrogen and oxygen atoms in total. The average molecular weight is 375 g/mol. The van der Waals surface area contributed by atoms with Crippen molar-refractivity contribution in [2.75, 3.05) is 6.54 Å². The molecule has 0 spiro atoms. The summed E-state index contributed by atoms with van der Waals surface area (Å²) >= 11 is 0. The van der Waals surface area contributed by atoms with Crippen LogP contribution in [0.3, 0.4) is 0 Å². The second kappa shape index (κ2) is 8.77. The van der Waals surface area contributed by atoms with E-state index in [1.165, 1.54) is 0 Å². The SMILES string of the molecule is CCNC(=O)C1(NC(=O)C(C)Oc2cccc(C(C)(C)C)c2)CCCCC1. The molecule has 0 bridgehead atoms. The van der Waals surface area contributed by atoms with Crippen molar-refractivity contribution in [3.05, 3.63) is 29.8 Å². The van der Waals surface area contributed by atoms with Crippen molar-refractivity contribution in [2.45, 2.75) is 83.8 Å². The van der Waals surface area contributed by atoms with E-state index in [0.29, 0.717) is 25.1 Å². The fourth-order valence-electron chi connectivity index (χ4n) is 3.52. The Morgan fingerprint density at radius 1 is 1.19 bits per heavy atom. The molecule has 1 atom stereocenters. The van der Waals surface area contributed by atoms with Gasteiger partial charge in [-0.2, -0.15) is 0 Å². The van der Waals surface area contributed by atoms with E-state index in [1.54, 1.807) is 6.92 Å². The number of nitrogens with one attached hydrogen (secondary N) is 2. The molecule has 1 aliphatic rings. The molecule has 1 saturated carbocycles. The summed E-state index contributed by atoms with van der Waals surface area (Å²) < 4.78 is 5.89. The van der Waals surface area contributed by atoms with Crippen LogP contribution in [-0.2, 0) is 15.0 Å². The fourth-order valence-corrected chi connectivity index (χ4v) is 3.52. The highest BCUT2D eigenvalue weighted by Gasteiger charge is 2.41. The molecule has 2 rings (SSSR count). The van der Waals surface area contributed by atoms with Gasteiger partial charge >= 0.3 is 0 Å². The van der Waals surface area contributed by atoms with Crippen LogP contribution in [0.5, 0.6) is 5.75 Å². The van der Waals surface area contributed by atoms with Gasteiger partial charge in [0, 0.05) is 6.54 Å². The van der Waals surface area contributed by atoms with Gasteiger partial charge in [-0.25, -0.2) is 0 Å². The van der Waals surface area contributed by atoms with Gasteiger partial charge in [-0.15, -0.1) is 0 Å². The average Bonchev–Trinajstić information content (AvgIpc) is 2.62. The van der Waals surface area contributed by atoms with E-state index in [-0.39, 0.29) is 17.2 Å². The number of rotatable bonds is 6. The minimum Gasteiger partial charge on any atom is -0.481 e. The molecule has 1 aliphatic carbocycles. The van der Waals surface area contributed by atoms with E-state index in [0.717, 1.165) is 24.8 Å². The Hall–Kier alpha value is -2.04. The highest BCUT2D eigenvalue weighted by Crippen LogP contribution is 2.29. The van der Waals surface area contributed by atoms with Gasteiger partial charge in [0.1, 0.15) is 11.3 Å². The Balaban J connectivity index is 2.08. The minimum atomic E-state index is -0.809. The highest BCUT2D eigenvalue weighted by atomic mass is 16.5. The van der Waals surface area contributed by atoms with Gasteiger partial charge in [0.2, 0.25) is 5.91 Å². The van der Waals surface area contributed by atoms with Crippen molar-refractivity contribution < 1.29 is 14.3 Å². The predicted octanol–water partition coefficient (Wildman–Crippen LogP) is 3.71. The van der Waals surface area contributed by atoms with Gasteiger partial charge in [0.15, 0.2) is 6.10 Å². The Morgan fingerprint density at radius 2 is 1.85 bits per heavy atom. The summed E-state index contributed by atoms with van der Waals surface area (Å²) in [4.78, 5) is 25.4. The summed E-state index contributed by atoms with van der Waals surface area (Å²) in [7, 11) is 0. The van der Waals surface area contributed by atoms with Crippen LogP contribution in [-0.4, -0.2) is 30.0 Å². The molecule has 1 aromatic carbocycles. The van der Waals surface area contributed by atoms with Gasteiger partial charge in [0.25, 0.3) is 5.91 Å². The van der Waals surface area contributed by atoms with Gasteiger partial charge < -0.3 is 15.4 Å². The number of hydrogen-bond donors (Lipinski definition) is 2. The van der Waals surface area contributed by atoms with Crippen LogP contribution in [0.1, 0.15) is 72.3 Å². The Kier molecular flexibility index (Phi) is 6.90. The fraction of sp³-hybridized carbons (Fsp3) is 0.636. The lowest BCUT2D eigenvalue weighted by Gasteiger charge is -2.37. The summed E-state index contributed by atoms with van der Waals surface area (Å²) in [5, 5.41) is 5.89. The third-order valence-electron chi connectivity index (χ3n) is 5.22. The molecule has 1 fully saturated rings. The third kappa shape index (κ3) is 5.47. The lowest BCUT2D eigenvalue weighted by atomic mass is 9.80. The first-order valence-electron chi connectivity index (χ1n) is 10.1. The lowest BCUT2D eigenvalue weighted by molar-refractivity contribution is -0.138. The molecule has 5 heteroatoms. The first kappa shape index (κ1) is 21.3. The second-order valence-corrected chi connectivity index (χ2v) is 8.53. The molecule has 150 valence electrons. The molecule has 1 aromatic rings. The molecular weight excluding hydrogens is 340 g/mol. The van der Waals surface area contributed by atoms with Crippen molar-refractivity contribution >= 4 is 11.8 Å². The van der Waals surface area contributed by atoms with Gasteiger partial charge in [-0.3, -0.25) is 9.59 Å². The van der Waals surface area contributed by atoms with Crippen molar-refractivity contribution in [1.82, 2.24) is 10.6 Å². The third-order valence-corrected chi connectivity index (χ3v) is 5.22. The first-order chi connectivity index (χ1) is 12.7. The van der Waals surface area contributed by atoms with E-state index in [9.17, 15) is 9.59 Å². The molecule has 2 N–H and O–H groups in total. The van der Waals surface area contributed by atoms with E-state index in [1.807, 2.05) is 25.1 Å². The molecule has 1 unspecified atom stereocenters. The summed E-state index contributed by atoms with van der Waals surface area (Å²) in [5.41, 5.74) is 0.351. The van der Waals surface area contributed by atoms with Crippen LogP contribution in [0.4, 0.5) is 0 Å². The number of carbonyl (C=O) groups is 2. The van der Waals surface area contributed by atoms with E-state index in [2.05, 4.69) is 37.5 Å². The Bertz CT molecular complexity index is 658. The summed E-state index contributed by atoms with van der Waals surface area (Å²) in [6.07, 6.45) is 3.67. The summed E-state index contributed by atoms with van der Waals surface area (Å²) in [6.45, 7) is 10.6. The van der Waals surface area contributed by atoms with Crippen LogP contribution in [0.15, 0.2) is 24.3 Å². The van der Waals surface area contributed by atoms with E-state index >= 15 is 0 Å². The number of hydrogen-bond acceptors (Lipinski definition) is 3. The van der Waals surface area contributed by atoms with Gasteiger partial charge in [0.05, 0.1) is 0 Å². The van der Waals surface area contributed by atoms with Crippen LogP contribution >= 0.6 is 0 Å². The van der Waals surface area contributed by atoms with Crippen LogP contribution in [0.2, 0.25) is 0 Å². The zero-order valence-electron chi connectivity index (χ0n) is 17.4. The maximum absolute atomic E-state index is 12.8. The maximum Gasteiger partial charge on any atom is 0.261 e. The predicted molar refractivity (Wildman–Crippen MR) is 108 cm³/mol. The smallest absolute Gasteiger partial charge is 0.261 e. The summed E-state index contributed by atoms with van der Waals surface area (Å²) in [6, 6.07) is 7.84. The van der Waals surface area contributed by atoms with Crippen LogP contribution in [0, 0.1) is 0 Å². The van der Waals surface area contributed by atoms with Crippen molar-refractivity contribution in [1.29, 1.82) is 0 Å². The maximum atomic E-state index is 12.8. The van der Waals surface area contributed by atoms with E-state index in [4.69, 9.17) is 4.74 Å². The number of benzene rings is 1. The monoisotopic (exact) mass is 374 g/mol. The molecule has 0 heterocycles. The molecule has 0 radical (unpaired) electrons. The molecule has 27 heavy (non-hydrogen) atoms. The minimum absolute atomic E-state index is 0.00919. The van der Waals surface area contributed by atoms with E-state index < -0.39 is 11.6 Å². The zero-order valence-corrected chi connectivity index (χ0v) is 17.4. The van der Waals surface area contributed by atoms with Crippen molar-refractivity contribution in [3.8, 4) is 5.75 Å². The number of ether oxygens (including phenoxy) is 1. The molecule has 0 aliphatic heterocycles. The molecule has 0 saturated heterocycles. The quantitative estimate of drug-likeness (QED) is 0.798. The van der Waals surface area contributed by atoms with Crippen LogP contribution in [0.25, 0.3) is 0 Å². The standard InChI is InChI=1S/C22H34N2O3/c1-6-23-20(26)22(13-8-7-9-14-22)24-19(25)16(2)27-18-12-10-11-17(15-18)21(3,4)5/h10-12,15-16H,6-9,13-14H2,1-5H3,(H,23,26)(H,24,25). The van der Waals surface area contributed by atoms with Gasteiger partial charge in [-0.1, -0.05) is 52.2 Å². The van der Waals surface area contributed by atoms with Crippen molar-refractivity contribution in [2.24, 2.45) is 0 Å². The molecular formula is C22H34N2O3. The second-order valence-electron chi connectivity index (χ2n) is 8.53. The Labute approximate surface area is 163 Å². The highest BCUT2D eigenvalue weighted by molar-refractivity contribution is 5.92. The van der Waals surface area contributed by atoms with Crippen LogP contribution < -0.4 is 15.4 Å². The molecule has 0 aromatic heterocycles.